The van der Waals surface area contributed by atoms with Crippen LogP contribution in [-0.4, -0.2) is 82.3 Å². The number of pyridine rings is 3. The lowest BCUT2D eigenvalue weighted by atomic mass is 9.97. The number of halogens is 1. The van der Waals surface area contributed by atoms with Gasteiger partial charge in [-0.3, -0.25) is 14.5 Å². The van der Waals surface area contributed by atoms with E-state index in [0.29, 0.717) is 65.4 Å². The molecule has 0 bridgehead atoms. The van der Waals surface area contributed by atoms with Crippen LogP contribution >= 0.6 is 0 Å². The number of piperazine rings is 1. The van der Waals surface area contributed by atoms with Gasteiger partial charge in [-0.15, -0.1) is 0 Å². The Hall–Kier alpha value is -4.55. The smallest absolute Gasteiger partial charge is 0.274 e. The van der Waals surface area contributed by atoms with E-state index < -0.39 is 0 Å². The first-order valence-electron chi connectivity index (χ1n) is 16.6. The van der Waals surface area contributed by atoms with Gasteiger partial charge in [-0.2, -0.15) is 0 Å². The molecule has 7 heterocycles. The van der Waals surface area contributed by atoms with Gasteiger partial charge in [0.1, 0.15) is 23.1 Å². The van der Waals surface area contributed by atoms with Crippen LogP contribution in [0.25, 0.3) is 11.1 Å². The monoisotopic (exact) mass is 638 g/mol. The van der Waals surface area contributed by atoms with E-state index in [4.69, 9.17) is 4.74 Å². The zero-order chi connectivity index (χ0) is 32.1. The SMILES string of the molecule is Cn1cc(-c2ccnc(N3CCn4c(c(F)c5c4CCCC5)C3)c2C=O)cc(Nc2ccc(N3CCN(C4COC4)CC3)cn2)c1=O. The number of carbonyl (C=O) groups excluding carboxylic acids is 1. The second-order valence-corrected chi connectivity index (χ2v) is 13.0. The number of hydrogen-bond acceptors (Lipinski definition) is 9. The molecule has 4 aliphatic rings. The number of nitrogens with one attached hydrogen (secondary N) is 1. The average Bonchev–Trinajstić information content (AvgIpc) is 3.37. The van der Waals surface area contributed by atoms with E-state index in [0.717, 1.165) is 88.3 Å². The van der Waals surface area contributed by atoms with Crippen LogP contribution in [-0.2, 0) is 37.7 Å². The molecule has 0 aromatic carbocycles. The van der Waals surface area contributed by atoms with Crippen LogP contribution < -0.4 is 20.7 Å². The van der Waals surface area contributed by atoms with Crippen molar-refractivity contribution in [1.82, 2.24) is 24.0 Å². The number of carbonyl (C=O) groups is 1. The highest BCUT2D eigenvalue weighted by atomic mass is 19.1. The van der Waals surface area contributed by atoms with E-state index >= 15 is 4.39 Å². The molecule has 1 N–H and O–H groups in total. The lowest BCUT2D eigenvalue weighted by molar-refractivity contribution is -0.0660. The van der Waals surface area contributed by atoms with Crippen LogP contribution in [0.3, 0.4) is 0 Å². The van der Waals surface area contributed by atoms with E-state index in [1.807, 2.05) is 23.2 Å². The van der Waals surface area contributed by atoms with Gasteiger partial charge in [0.05, 0.1) is 48.9 Å². The van der Waals surface area contributed by atoms with E-state index in [9.17, 15) is 9.59 Å². The maximum atomic E-state index is 15.5. The molecule has 0 atom stereocenters. The van der Waals surface area contributed by atoms with Crippen molar-refractivity contribution in [2.45, 2.75) is 44.8 Å². The Morgan fingerprint density at radius 3 is 2.53 bits per heavy atom. The third-order valence-corrected chi connectivity index (χ3v) is 10.3. The van der Waals surface area contributed by atoms with Crippen LogP contribution in [0, 0.1) is 5.82 Å². The molecule has 2 fully saturated rings. The van der Waals surface area contributed by atoms with Crippen molar-refractivity contribution >= 4 is 29.3 Å². The minimum Gasteiger partial charge on any atom is -0.378 e. The number of nitrogens with zero attached hydrogens (tertiary/aromatic N) is 7. The Morgan fingerprint density at radius 2 is 1.79 bits per heavy atom. The summed E-state index contributed by atoms with van der Waals surface area (Å²) in [6, 6.07) is 8.00. The number of aryl methyl sites for hydroxylation is 1. The molecule has 11 nitrogen and oxygen atoms in total. The Bertz CT molecular complexity index is 1880. The Kier molecular flexibility index (Phi) is 7.76. The van der Waals surface area contributed by atoms with Crippen molar-refractivity contribution < 1.29 is 13.9 Å². The highest BCUT2D eigenvalue weighted by molar-refractivity contribution is 5.93. The highest BCUT2D eigenvalue weighted by Gasteiger charge is 2.31. The van der Waals surface area contributed by atoms with Crippen LogP contribution in [0.2, 0.25) is 0 Å². The molecule has 0 amide bonds. The van der Waals surface area contributed by atoms with Crippen LogP contribution in [0.5, 0.6) is 0 Å². The summed E-state index contributed by atoms with van der Waals surface area (Å²) >= 11 is 0. The summed E-state index contributed by atoms with van der Waals surface area (Å²) in [5, 5.41) is 3.20. The van der Waals surface area contributed by atoms with Crippen LogP contribution in [0.4, 0.5) is 27.4 Å². The first-order valence-corrected chi connectivity index (χ1v) is 16.6. The van der Waals surface area contributed by atoms with Crippen molar-refractivity contribution in [3.05, 3.63) is 81.5 Å². The summed E-state index contributed by atoms with van der Waals surface area (Å²) in [6.45, 7) is 7.15. The van der Waals surface area contributed by atoms with Crippen molar-refractivity contribution in [2.24, 2.45) is 7.05 Å². The lowest BCUT2D eigenvalue weighted by Gasteiger charge is -2.43. The number of ether oxygens (including phenoxy) is 1. The predicted molar refractivity (Wildman–Crippen MR) is 178 cm³/mol. The molecular formula is C35H39FN8O3. The van der Waals surface area contributed by atoms with E-state index in [-0.39, 0.29) is 11.4 Å². The third-order valence-electron chi connectivity index (χ3n) is 10.3. The summed E-state index contributed by atoms with van der Waals surface area (Å²) < 4.78 is 24.5. The maximum Gasteiger partial charge on any atom is 0.274 e. The predicted octanol–water partition coefficient (Wildman–Crippen LogP) is 3.76. The molecule has 0 saturated carbocycles. The van der Waals surface area contributed by atoms with Gasteiger partial charge in [0.15, 0.2) is 6.29 Å². The number of fused-ring (bicyclic) bond motifs is 3. The fourth-order valence-corrected chi connectivity index (χ4v) is 7.56. The van der Waals surface area contributed by atoms with Gasteiger partial charge < -0.3 is 29.0 Å². The van der Waals surface area contributed by atoms with Gasteiger partial charge in [0.25, 0.3) is 5.56 Å². The molecule has 4 aromatic rings. The van der Waals surface area contributed by atoms with Crippen molar-refractivity contribution in [1.29, 1.82) is 0 Å². The number of aromatic nitrogens is 4. The quantitative estimate of drug-likeness (QED) is 0.304. The van der Waals surface area contributed by atoms with Crippen LogP contribution in [0.15, 0.2) is 47.7 Å². The minimum atomic E-state index is -0.214. The molecule has 47 heavy (non-hydrogen) atoms. The zero-order valence-corrected chi connectivity index (χ0v) is 26.6. The summed E-state index contributed by atoms with van der Waals surface area (Å²) in [5.74, 6) is 0.968. The van der Waals surface area contributed by atoms with E-state index in [1.165, 1.54) is 4.57 Å². The molecular weight excluding hydrogens is 599 g/mol. The Labute approximate surface area is 272 Å². The van der Waals surface area contributed by atoms with Gasteiger partial charge in [0, 0.05) is 75.5 Å². The van der Waals surface area contributed by atoms with Gasteiger partial charge >= 0.3 is 0 Å². The van der Waals surface area contributed by atoms with E-state index in [1.54, 1.807) is 31.6 Å². The highest BCUT2D eigenvalue weighted by Crippen LogP contribution is 2.35. The summed E-state index contributed by atoms with van der Waals surface area (Å²) in [7, 11) is 1.69. The van der Waals surface area contributed by atoms with Crippen molar-refractivity contribution in [3.8, 4) is 11.1 Å². The number of anilines is 4. The second kappa shape index (κ2) is 12.2. The summed E-state index contributed by atoms with van der Waals surface area (Å²) in [4.78, 5) is 41.9. The minimum absolute atomic E-state index is 0.106. The van der Waals surface area contributed by atoms with Crippen LogP contribution in [0.1, 0.15) is 40.2 Å². The van der Waals surface area contributed by atoms with E-state index in [2.05, 4.69) is 29.7 Å². The normalized spacial score (nSPS) is 18.4. The molecule has 244 valence electrons. The summed E-state index contributed by atoms with van der Waals surface area (Å²) in [6.07, 6.45) is 9.85. The average molecular weight is 639 g/mol. The molecule has 1 aliphatic carbocycles. The van der Waals surface area contributed by atoms with Crippen molar-refractivity contribution in [3.63, 3.8) is 0 Å². The number of rotatable bonds is 7. The first-order chi connectivity index (χ1) is 23.0. The Balaban J connectivity index is 1.03. The molecule has 12 heteroatoms. The fraction of sp³-hybridized carbons (Fsp3) is 0.429. The fourth-order valence-electron chi connectivity index (χ4n) is 7.56. The molecule has 4 aromatic heterocycles. The standard InChI is InChI=1S/C35H39FN8O3/c1-40-18-23(16-29(35(40)46)39-32-7-6-24(17-38-32)41-10-12-42(13-11-41)25-21-47-22-25)26-8-9-37-34(28(26)20-45)43-14-15-44-30-5-3-2-4-27(30)33(36)31(44)19-43/h6-9,16-18,20,25H,2-5,10-15,19,21-22H2,1H3,(H,38,39). The molecule has 3 aliphatic heterocycles. The van der Waals surface area contributed by atoms with Gasteiger partial charge in [-0.1, -0.05) is 0 Å². The lowest BCUT2D eigenvalue weighted by Crippen LogP contribution is -2.56. The molecule has 0 unspecified atom stereocenters. The molecule has 0 radical (unpaired) electrons. The number of hydrogen-bond donors (Lipinski definition) is 1. The van der Waals surface area contributed by atoms with Gasteiger partial charge in [-0.25, -0.2) is 14.4 Å². The largest absolute Gasteiger partial charge is 0.378 e. The van der Waals surface area contributed by atoms with Gasteiger partial charge in [0.2, 0.25) is 0 Å². The molecule has 8 rings (SSSR count). The second-order valence-electron chi connectivity index (χ2n) is 13.0. The number of aldehydes is 1. The Morgan fingerprint density at radius 1 is 0.979 bits per heavy atom. The topological polar surface area (TPSA) is 101 Å². The van der Waals surface area contributed by atoms with Crippen molar-refractivity contribution in [2.75, 3.05) is 61.1 Å². The molecule has 0 spiro atoms. The summed E-state index contributed by atoms with van der Waals surface area (Å²) in [5.41, 5.74) is 5.60. The first kappa shape index (κ1) is 29.8. The maximum absolute atomic E-state index is 15.5. The molecule has 2 saturated heterocycles. The van der Waals surface area contributed by atoms with Gasteiger partial charge in [-0.05, 0) is 55.5 Å². The zero-order valence-electron chi connectivity index (χ0n) is 26.6. The third kappa shape index (κ3) is 5.39.